The number of carbonyl (C=O) groups is 2. The van der Waals surface area contributed by atoms with Crippen LogP contribution in [0.1, 0.15) is 27.7 Å². The van der Waals surface area contributed by atoms with Crippen molar-refractivity contribution < 1.29 is 19.1 Å². The molecule has 4 nitrogen and oxygen atoms in total. The van der Waals surface area contributed by atoms with Gasteiger partial charge in [-0.2, -0.15) is 0 Å². The number of esters is 2. The first-order chi connectivity index (χ1) is 5.79. The zero-order valence-electron chi connectivity index (χ0n) is 8.71. The average Bonchev–Trinajstić information content (AvgIpc) is 2.01. The third-order valence-electron chi connectivity index (χ3n) is 1.43. The van der Waals surface area contributed by atoms with Gasteiger partial charge in [0.25, 0.3) is 0 Å². The van der Waals surface area contributed by atoms with Crippen molar-refractivity contribution in [3.63, 3.8) is 0 Å². The lowest BCUT2D eigenvalue weighted by Gasteiger charge is -2.19. The van der Waals surface area contributed by atoms with Crippen molar-refractivity contribution in [3.05, 3.63) is 0 Å². The van der Waals surface area contributed by atoms with Crippen LogP contribution >= 0.6 is 0 Å². The van der Waals surface area contributed by atoms with Crippen molar-refractivity contribution in [2.45, 2.75) is 33.8 Å². The fourth-order valence-corrected chi connectivity index (χ4v) is 0.551. The quantitative estimate of drug-likeness (QED) is 0.610. The van der Waals surface area contributed by atoms with Gasteiger partial charge in [-0.05, 0) is 27.7 Å². The zero-order valence-corrected chi connectivity index (χ0v) is 8.71. The molecule has 0 N–H and O–H groups in total. The van der Waals surface area contributed by atoms with Gasteiger partial charge in [0.2, 0.25) is 0 Å². The zero-order chi connectivity index (χ0) is 10.6. The molecule has 0 aromatic carbocycles. The lowest BCUT2D eigenvalue weighted by Crippen LogP contribution is -2.31. The van der Waals surface area contributed by atoms with E-state index < -0.39 is 23.5 Å². The molecule has 0 spiro atoms. The standard InChI is InChI=1S/C9H16O4/c1-6(7(10)12-5)13-8(11)9(2,3)4/h6H,1-5H3/t6-/m1/s1. The summed E-state index contributed by atoms with van der Waals surface area (Å²) >= 11 is 0. The summed E-state index contributed by atoms with van der Waals surface area (Å²) in [6.07, 6.45) is -0.836. The van der Waals surface area contributed by atoms with Gasteiger partial charge in [-0.15, -0.1) is 0 Å². The Morgan fingerprint density at radius 2 is 1.69 bits per heavy atom. The van der Waals surface area contributed by atoms with Gasteiger partial charge in [0, 0.05) is 0 Å². The molecule has 0 aliphatic heterocycles. The predicted molar refractivity (Wildman–Crippen MR) is 47.0 cm³/mol. The summed E-state index contributed by atoms with van der Waals surface area (Å²) in [4.78, 5) is 22.1. The van der Waals surface area contributed by atoms with E-state index in [9.17, 15) is 9.59 Å². The maximum Gasteiger partial charge on any atom is 0.346 e. The SMILES string of the molecule is COC(=O)[C@@H](C)OC(=O)C(C)(C)C. The highest BCUT2D eigenvalue weighted by atomic mass is 16.6. The van der Waals surface area contributed by atoms with Gasteiger partial charge in [-0.3, -0.25) is 4.79 Å². The highest BCUT2D eigenvalue weighted by Gasteiger charge is 2.27. The first kappa shape index (κ1) is 11.9. The molecule has 0 unspecified atom stereocenters. The second-order valence-electron chi connectivity index (χ2n) is 3.82. The Labute approximate surface area is 78.2 Å². The molecular formula is C9H16O4. The molecule has 13 heavy (non-hydrogen) atoms. The Morgan fingerprint density at radius 1 is 1.23 bits per heavy atom. The summed E-state index contributed by atoms with van der Waals surface area (Å²) in [7, 11) is 1.25. The van der Waals surface area contributed by atoms with Crippen LogP contribution in [0, 0.1) is 5.41 Å². The largest absolute Gasteiger partial charge is 0.466 e. The van der Waals surface area contributed by atoms with Crippen LogP contribution in [-0.2, 0) is 19.1 Å². The maximum atomic E-state index is 11.3. The van der Waals surface area contributed by atoms with Crippen LogP contribution in [0.4, 0.5) is 0 Å². The number of hydrogen-bond donors (Lipinski definition) is 0. The van der Waals surface area contributed by atoms with Gasteiger partial charge in [-0.25, -0.2) is 4.79 Å². The van der Waals surface area contributed by atoms with E-state index in [-0.39, 0.29) is 0 Å². The van der Waals surface area contributed by atoms with Gasteiger partial charge in [0.15, 0.2) is 6.10 Å². The van der Waals surface area contributed by atoms with Crippen LogP contribution in [0.3, 0.4) is 0 Å². The van der Waals surface area contributed by atoms with E-state index in [1.54, 1.807) is 20.8 Å². The van der Waals surface area contributed by atoms with Crippen molar-refractivity contribution >= 4 is 11.9 Å². The third kappa shape index (κ3) is 3.92. The molecule has 0 amide bonds. The normalized spacial score (nSPS) is 13.3. The van der Waals surface area contributed by atoms with E-state index in [4.69, 9.17) is 4.74 Å². The van der Waals surface area contributed by atoms with Crippen LogP contribution in [-0.4, -0.2) is 25.2 Å². The monoisotopic (exact) mass is 188 g/mol. The Kier molecular flexibility index (Phi) is 3.91. The summed E-state index contributed by atoms with van der Waals surface area (Å²) < 4.78 is 9.26. The number of ether oxygens (including phenoxy) is 2. The molecule has 0 radical (unpaired) electrons. The number of rotatable bonds is 2. The minimum Gasteiger partial charge on any atom is -0.466 e. The molecule has 76 valence electrons. The summed E-state index contributed by atoms with van der Waals surface area (Å²) in [5.41, 5.74) is -0.595. The molecule has 0 heterocycles. The van der Waals surface area contributed by atoms with Crippen LogP contribution in [0.2, 0.25) is 0 Å². The van der Waals surface area contributed by atoms with E-state index >= 15 is 0 Å². The molecule has 0 aromatic heterocycles. The smallest absolute Gasteiger partial charge is 0.346 e. The van der Waals surface area contributed by atoms with Gasteiger partial charge < -0.3 is 9.47 Å². The Hall–Kier alpha value is -1.06. The molecule has 0 aliphatic carbocycles. The number of hydrogen-bond acceptors (Lipinski definition) is 4. The summed E-state index contributed by atoms with van der Waals surface area (Å²) in [5.74, 6) is -0.956. The lowest BCUT2D eigenvalue weighted by molar-refractivity contribution is -0.170. The maximum absolute atomic E-state index is 11.3. The van der Waals surface area contributed by atoms with Crippen LogP contribution in [0.15, 0.2) is 0 Å². The van der Waals surface area contributed by atoms with Crippen molar-refractivity contribution in [3.8, 4) is 0 Å². The Bertz CT molecular complexity index is 202. The van der Waals surface area contributed by atoms with E-state index in [0.717, 1.165) is 0 Å². The van der Waals surface area contributed by atoms with Gasteiger partial charge in [0.05, 0.1) is 12.5 Å². The van der Waals surface area contributed by atoms with Gasteiger partial charge >= 0.3 is 11.9 Å². The van der Waals surface area contributed by atoms with Crippen molar-refractivity contribution in [2.75, 3.05) is 7.11 Å². The van der Waals surface area contributed by atoms with E-state index in [2.05, 4.69) is 4.74 Å². The van der Waals surface area contributed by atoms with Crippen LogP contribution in [0.25, 0.3) is 0 Å². The molecule has 0 saturated carbocycles. The first-order valence-corrected chi connectivity index (χ1v) is 4.08. The Balaban J connectivity index is 4.15. The fraction of sp³-hybridized carbons (Fsp3) is 0.778. The second kappa shape index (κ2) is 4.25. The molecule has 0 bridgehead atoms. The molecular weight excluding hydrogens is 172 g/mol. The highest BCUT2D eigenvalue weighted by molar-refractivity contribution is 5.81. The summed E-state index contributed by atoms with van der Waals surface area (Å²) in [5, 5.41) is 0. The minimum absolute atomic E-state index is 0.412. The highest BCUT2D eigenvalue weighted by Crippen LogP contribution is 2.16. The molecule has 0 rings (SSSR count). The van der Waals surface area contributed by atoms with Crippen molar-refractivity contribution in [1.29, 1.82) is 0 Å². The molecule has 0 aromatic rings. The Morgan fingerprint density at radius 3 is 2.00 bits per heavy atom. The molecule has 0 saturated heterocycles. The van der Waals surface area contributed by atoms with Gasteiger partial charge in [-0.1, -0.05) is 0 Å². The van der Waals surface area contributed by atoms with Gasteiger partial charge in [0.1, 0.15) is 0 Å². The fourth-order valence-electron chi connectivity index (χ4n) is 0.551. The second-order valence-corrected chi connectivity index (χ2v) is 3.82. The molecule has 0 aliphatic rings. The molecule has 0 fully saturated rings. The minimum atomic E-state index is -0.836. The summed E-state index contributed by atoms with van der Waals surface area (Å²) in [6, 6.07) is 0. The van der Waals surface area contributed by atoms with E-state index in [1.165, 1.54) is 14.0 Å². The topological polar surface area (TPSA) is 52.6 Å². The number of carbonyl (C=O) groups excluding carboxylic acids is 2. The van der Waals surface area contributed by atoms with E-state index in [0.29, 0.717) is 0 Å². The summed E-state index contributed by atoms with van der Waals surface area (Å²) in [6.45, 7) is 6.65. The molecule has 1 atom stereocenters. The number of methoxy groups -OCH3 is 1. The average molecular weight is 188 g/mol. The predicted octanol–water partition coefficient (Wildman–Crippen LogP) is 1.14. The van der Waals surface area contributed by atoms with Crippen molar-refractivity contribution in [2.24, 2.45) is 5.41 Å². The van der Waals surface area contributed by atoms with E-state index in [1.807, 2.05) is 0 Å². The van der Waals surface area contributed by atoms with Crippen LogP contribution < -0.4 is 0 Å². The first-order valence-electron chi connectivity index (χ1n) is 4.08. The van der Waals surface area contributed by atoms with Crippen molar-refractivity contribution in [1.82, 2.24) is 0 Å². The molecule has 4 heteroatoms. The lowest BCUT2D eigenvalue weighted by atomic mass is 9.97. The van der Waals surface area contributed by atoms with Crippen LogP contribution in [0.5, 0.6) is 0 Å². The third-order valence-corrected chi connectivity index (χ3v) is 1.43.